The predicted octanol–water partition coefficient (Wildman–Crippen LogP) is 3.89. The van der Waals surface area contributed by atoms with Gasteiger partial charge in [-0.3, -0.25) is 9.48 Å². The average molecular weight is 482 g/mol. The molecule has 0 saturated carbocycles. The Morgan fingerprint density at radius 1 is 1.27 bits per heavy atom. The number of ether oxygens (including phenoxy) is 1. The van der Waals surface area contributed by atoms with Crippen LogP contribution in [0.2, 0.25) is 0 Å². The molecule has 3 aromatic rings. The third-order valence-electron chi connectivity index (χ3n) is 4.18. The Kier molecular flexibility index (Phi) is 6.60. The second-order valence-electron chi connectivity index (χ2n) is 6.17. The van der Waals surface area contributed by atoms with Gasteiger partial charge in [-0.15, -0.1) is 0 Å². The van der Waals surface area contributed by atoms with E-state index in [0.717, 1.165) is 4.68 Å². The van der Waals surface area contributed by atoms with Gasteiger partial charge in [-0.2, -0.15) is 10.2 Å². The van der Waals surface area contributed by atoms with Crippen molar-refractivity contribution >= 4 is 33.6 Å². The molecule has 0 saturated heterocycles. The first-order valence-electron chi connectivity index (χ1n) is 8.94. The molecule has 0 fully saturated rings. The molecule has 8 nitrogen and oxygen atoms in total. The molecule has 2 aromatic heterocycles. The van der Waals surface area contributed by atoms with E-state index in [1.165, 1.54) is 10.9 Å². The molecular weight excluding hydrogens is 464 g/mol. The lowest BCUT2D eigenvalue weighted by molar-refractivity contribution is -0.117. The fraction of sp³-hybridized carbons (Fsp3) is 0.263. The lowest BCUT2D eigenvalue weighted by Gasteiger charge is -2.11. The summed E-state index contributed by atoms with van der Waals surface area (Å²) >= 11 is 3.07. The molecule has 158 valence electrons. The minimum Gasteiger partial charge on any atom is -0.462 e. The topological polar surface area (TPSA) is 91.0 Å². The lowest BCUT2D eigenvalue weighted by Crippen LogP contribution is -2.23. The normalized spacial score (nSPS) is 11.0. The standard InChI is InChI=1S/C19H18BrF2N5O3/c1-3-30-19(29)13-9-23-27(12-7-5-4-6-8-12)18(13)24-14(28)10-26-11(2)15(20)16(25-26)17(21)22/h4-9,17H,3,10H2,1-2H3,(H,24,28). The van der Waals surface area contributed by atoms with E-state index in [1.54, 1.807) is 38.1 Å². The van der Waals surface area contributed by atoms with E-state index in [2.05, 4.69) is 31.4 Å². The number of alkyl halides is 2. The Morgan fingerprint density at radius 2 is 1.97 bits per heavy atom. The minimum absolute atomic E-state index is 0.0701. The van der Waals surface area contributed by atoms with Crippen molar-refractivity contribution in [3.63, 3.8) is 0 Å². The molecule has 1 amide bonds. The Hall–Kier alpha value is -3.08. The van der Waals surface area contributed by atoms with Gasteiger partial charge in [0.25, 0.3) is 6.43 Å². The van der Waals surface area contributed by atoms with Gasteiger partial charge in [-0.1, -0.05) is 18.2 Å². The zero-order valence-electron chi connectivity index (χ0n) is 16.1. The van der Waals surface area contributed by atoms with Crippen molar-refractivity contribution in [2.75, 3.05) is 11.9 Å². The third-order valence-corrected chi connectivity index (χ3v) is 5.16. The number of aromatic nitrogens is 4. The van der Waals surface area contributed by atoms with Crippen LogP contribution in [0.15, 0.2) is 41.0 Å². The highest BCUT2D eigenvalue weighted by Crippen LogP contribution is 2.29. The third kappa shape index (κ3) is 4.40. The van der Waals surface area contributed by atoms with Gasteiger partial charge in [-0.05, 0) is 41.9 Å². The quantitative estimate of drug-likeness (QED) is 0.516. The average Bonchev–Trinajstić information content (AvgIpc) is 3.25. The molecule has 0 aliphatic rings. The number of amides is 1. The van der Waals surface area contributed by atoms with E-state index in [0.29, 0.717) is 11.4 Å². The Bertz CT molecular complexity index is 1070. The van der Waals surface area contributed by atoms with Gasteiger partial charge in [0.15, 0.2) is 5.82 Å². The molecule has 3 rings (SSSR count). The number of hydrogen-bond acceptors (Lipinski definition) is 5. The number of rotatable bonds is 7. The number of nitrogens with zero attached hydrogens (tertiary/aromatic N) is 4. The summed E-state index contributed by atoms with van der Waals surface area (Å²) in [6.07, 6.45) is -1.48. The summed E-state index contributed by atoms with van der Waals surface area (Å²) in [6, 6.07) is 8.88. The van der Waals surface area contributed by atoms with E-state index in [4.69, 9.17) is 4.74 Å². The van der Waals surface area contributed by atoms with Crippen molar-refractivity contribution in [3.05, 3.63) is 58.0 Å². The Morgan fingerprint density at radius 3 is 2.57 bits per heavy atom. The van der Waals surface area contributed by atoms with Crippen molar-refractivity contribution in [2.24, 2.45) is 0 Å². The van der Waals surface area contributed by atoms with Crippen LogP contribution in [0.3, 0.4) is 0 Å². The molecule has 0 unspecified atom stereocenters. The van der Waals surface area contributed by atoms with Crippen LogP contribution in [-0.2, 0) is 16.1 Å². The number of carbonyl (C=O) groups is 2. The molecule has 0 atom stereocenters. The van der Waals surface area contributed by atoms with Crippen LogP contribution in [0.25, 0.3) is 5.69 Å². The number of carbonyl (C=O) groups excluding carboxylic acids is 2. The van der Waals surface area contributed by atoms with Crippen molar-refractivity contribution in [1.29, 1.82) is 0 Å². The number of benzene rings is 1. The van der Waals surface area contributed by atoms with E-state index in [-0.39, 0.29) is 29.0 Å². The van der Waals surface area contributed by atoms with Crippen molar-refractivity contribution in [3.8, 4) is 5.69 Å². The maximum absolute atomic E-state index is 13.0. The first kappa shape index (κ1) is 21.6. The molecule has 1 aromatic carbocycles. The van der Waals surface area contributed by atoms with Gasteiger partial charge in [0.1, 0.15) is 17.8 Å². The first-order valence-corrected chi connectivity index (χ1v) is 9.74. The zero-order chi connectivity index (χ0) is 21.8. The highest BCUT2D eigenvalue weighted by Gasteiger charge is 2.24. The number of halogens is 3. The Labute approximate surface area is 178 Å². The number of anilines is 1. The maximum atomic E-state index is 13.0. The first-order chi connectivity index (χ1) is 14.3. The molecule has 1 N–H and O–H groups in total. The second-order valence-corrected chi connectivity index (χ2v) is 6.96. The summed E-state index contributed by atoms with van der Waals surface area (Å²) in [6.45, 7) is 3.05. The molecule has 0 bridgehead atoms. The maximum Gasteiger partial charge on any atom is 0.343 e. The number of esters is 1. The molecule has 0 aliphatic heterocycles. The smallest absolute Gasteiger partial charge is 0.343 e. The second kappa shape index (κ2) is 9.16. The van der Waals surface area contributed by atoms with E-state index < -0.39 is 24.0 Å². The molecule has 30 heavy (non-hydrogen) atoms. The van der Waals surface area contributed by atoms with Crippen LogP contribution in [0.1, 0.15) is 35.1 Å². The summed E-state index contributed by atoms with van der Waals surface area (Å²) in [5.41, 5.74) is 0.617. The fourth-order valence-electron chi connectivity index (χ4n) is 2.74. The monoisotopic (exact) mass is 481 g/mol. The van der Waals surface area contributed by atoms with Gasteiger partial charge in [0.05, 0.1) is 28.7 Å². The van der Waals surface area contributed by atoms with E-state index in [1.807, 2.05) is 6.07 Å². The minimum atomic E-state index is -2.78. The van der Waals surface area contributed by atoms with Gasteiger partial charge < -0.3 is 10.1 Å². The molecule has 11 heteroatoms. The highest BCUT2D eigenvalue weighted by molar-refractivity contribution is 9.10. The van der Waals surface area contributed by atoms with Crippen LogP contribution < -0.4 is 5.32 Å². The van der Waals surface area contributed by atoms with Crippen LogP contribution in [-0.4, -0.2) is 38.0 Å². The SMILES string of the molecule is CCOC(=O)c1cnn(-c2ccccc2)c1NC(=O)Cn1nc(C(F)F)c(Br)c1C. The van der Waals surface area contributed by atoms with E-state index >= 15 is 0 Å². The molecule has 0 spiro atoms. The van der Waals surface area contributed by atoms with Gasteiger partial charge in [0.2, 0.25) is 5.91 Å². The Balaban J connectivity index is 1.91. The summed E-state index contributed by atoms with van der Waals surface area (Å²) in [5, 5.41) is 10.6. The van der Waals surface area contributed by atoms with Gasteiger partial charge in [-0.25, -0.2) is 18.3 Å². The molecule has 0 aliphatic carbocycles. The van der Waals surface area contributed by atoms with Crippen molar-refractivity contribution in [1.82, 2.24) is 19.6 Å². The van der Waals surface area contributed by atoms with Crippen LogP contribution >= 0.6 is 15.9 Å². The summed E-state index contributed by atoms with van der Waals surface area (Å²) in [4.78, 5) is 25.0. The number of para-hydroxylation sites is 1. The summed E-state index contributed by atoms with van der Waals surface area (Å²) < 4.78 is 33.8. The summed E-state index contributed by atoms with van der Waals surface area (Å²) in [5.74, 6) is -1.10. The largest absolute Gasteiger partial charge is 0.462 e. The van der Waals surface area contributed by atoms with E-state index in [9.17, 15) is 18.4 Å². The molecular formula is C19H18BrF2N5O3. The van der Waals surface area contributed by atoms with Gasteiger partial charge >= 0.3 is 5.97 Å². The van der Waals surface area contributed by atoms with Crippen molar-refractivity contribution < 1.29 is 23.1 Å². The predicted molar refractivity (Wildman–Crippen MR) is 108 cm³/mol. The highest BCUT2D eigenvalue weighted by atomic mass is 79.9. The number of hydrogen-bond donors (Lipinski definition) is 1. The van der Waals surface area contributed by atoms with Crippen LogP contribution in [0.5, 0.6) is 0 Å². The molecule has 0 radical (unpaired) electrons. The van der Waals surface area contributed by atoms with Crippen molar-refractivity contribution in [2.45, 2.75) is 26.8 Å². The van der Waals surface area contributed by atoms with Crippen LogP contribution in [0, 0.1) is 6.92 Å². The fourth-order valence-corrected chi connectivity index (χ4v) is 3.20. The number of nitrogens with one attached hydrogen (secondary N) is 1. The van der Waals surface area contributed by atoms with Gasteiger partial charge in [0, 0.05) is 0 Å². The van der Waals surface area contributed by atoms with Crippen LogP contribution in [0.4, 0.5) is 14.6 Å². The molecule has 2 heterocycles. The summed E-state index contributed by atoms with van der Waals surface area (Å²) in [7, 11) is 0. The lowest BCUT2D eigenvalue weighted by atomic mass is 10.3. The zero-order valence-corrected chi connectivity index (χ0v) is 17.7.